The van der Waals surface area contributed by atoms with Gasteiger partial charge >= 0.3 is 18.0 Å². The Morgan fingerprint density at radius 2 is 1.10 bits per heavy atom. The summed E-state index contributed by atoms with van der Waals surface area (Å²) in [7, 11) is 0. The fourth-order valence-corrected chi connectivity index (χ4v) is 2.38. The quantitative estimate of drug-likeness (QED) is 0.474. The number of ether oxygens (including phenoxy) is 3. The van der Waals surface area contributed by atoms with Crippen molar-refractivity contribution in [1.29, 1.82) is 0 Å². The Morgan fingerprint density at radius 1 is 0.724 bits per heavy atom. The van der Waals surface area contributed by atoms with Gasteiger partial charge in [-0.25, -0.2) is 0 Å². The zero-order valence-electron chi connectivity index (χ0n) is 15.0. The molecule has 2 aromatic carbocycles. The second-order valence-electron chi connectivity index (χ2n) is 5.42. The molecule has 0 unspecified atom stereocenters. The van der Waals surface area contributed by atoms with Gasteiger partial charge in [0.05, 0.1) is 6.61 Å². The first kappa shape index (κ1) is 20.5. The van der Waals surface area contributed by atoms with E-state index in [0.29, 0.717) is 29.2 Å². The van der Waals surface area contributed by atoms with E-state index in [1.54, 1.807) is 31.2 Å². The minimum absolute atomic E-state index is 0.00705. The zero-order chi connectivity index (χ0) is 20.8. The molecule has 0 amide bonds. The molecule has 3 rings (SSSR count). The highest BCUT2D eigenvalue weighted by molar-refractivity contribution is 6.68. The minimum atomic E-state index is -0.576. The Balaban J connectivity index is 1.83. The van der Waals surface area contributed by atoms with Crippen molar-refractivity contribution in [3.63, 3.8) is 0 Å². The van der Waals surface area contributed by atoms with Gasteiger partial charge in [-0.2, -0.15) is 0 Å². The van der Waals surface area contributed by atoms with Crippen LogP contribution in [0.4, 0.5) is 0 Å². The molecule has 3 aromatic rings. The van der Waals surface area contributed by atoms with Crippen LogP contribution < -0.4 is 14.2 Å². The van der Waals surface area contributed by atoms with E-state index >= 15 is 0 Å². The lowest BCUT2D eigenvalue weighted by atomic mass is 10.2. The van der Waals surface area contributed by atoms with Crippen LogP contribution in [-0.4, -0.2) is 32.0 Å². The summed E-state index contributed by atoms with van der Waals surface area (Å²) < 4.78 is 16.5. The summed E-state index contributed by atoms with van der Waals surface area (Å²) in [6.07, 6.45) is 0. The third-order valence-corrected chi connectivity index (χ3v) is 3.86. The Labute approximate surface area is 175 Å². The van der Waals surface area contributed by atoms with Crippen LogP contribution in [0.2, 0.25) is 0 Å². The zero-order valence-corrected chi connectivity index (χ0v) is 16.5. The molecule has 0 bridgehead atoms. The molecule has 0 saturated carbocycles. The third-order valence-electron chi connectivity index (χ3n) is 3.43. The SMILES string of the molecule is CCOc1nc(Oc2ccc(C(=O)Cl)cc2)nc(Oc2ccc(C(=O)Cl)cc2)n1. The molecule has 0 aliphatic carbocycles. The van der Waals surface area contributed by atoms with E-state index in [9.17, 15) is 9.59 Å². The van der Waals surface area contributed by atoms with Crippen LogP contribution in [0.5, 0.6) is 29.5 Å². The smallest absolute Gasteiger partial charge is 0.331 e. The molecule has 29 heavy (non-hydrogen) atoms. The van der Waals surface area contributed by atoms with Crippen LogP contribution in [0.3, 0.4) is 0 Å². The van der Waals surface area contributed by atoms with Gasteiger partial charge in [0, 0.05) is 11.1 Å². The molecule has 0 fully saturated rings. The Bertz CT molecular complexity index is 949. The van der Waals surface area contributed by atoms with Crippen molar-refractivity contribution in [2.45, 2.75) is 6.92 Å². The lowest BCUT2D eigenvalue weighted by Crippen LogP contribution is -2.03. The summed E-state index contributed by atoms with van der Waals surface area (Å²) in [6.45, 7) is 2.09. The molecule has 0 atom stereocenters. The summed E-state index contributed by atoms with van der Waals surface area (Å²) in [5, 5.41) is -1.15. The Hall–Kier alpha value is -3.23. The molecule has 148 valence electrons. The van der Waals surface area contributed by atoms with Crippen molar-refractivity contribution in [3.05, 3.63) is 59.7 Å². The maximum absolute atomic E-state index is 11.1. The van der Waals surface area contributed by atoms with Crippen molar-refractivity contribution in [1.82, 2.24) is 15.0 Å². The molecule has 0 aliphatic heterocycles. The fourth-order valence-electron chi connectivity index (χ4n) is 2.12. The van der Waals surface area contributed by atoms with Crippen molar-refractivity contribution < 1.29 is 23.8 Å². The van der Waals surface area contributed by atoms with Crippen molar-refractivity contribution in [2.75, 3.05) is 6.61 Å². The Morgan fingerprint density at radius 3 is 1.45 bits per heavy atom. The first-order valence-corrected chi connectivity index (χ1v) is 9.04. The molecule has 0 saturated heterocycles. The number of benzene rings is 2. The van der Waals surface area contributed by atoms with E-state index in [1.807, 2.05) is 0 Å². The van der Waals surface area contributed by atoms with Gasteiger partial charge in [0.1, 0.15) is 11.5 Å². The Kier molecular flexibility index (Phi) is 6.58. The normalized spacial score (nSPS) is 10.3. The predicted molar refractivity (Wildman–Crippen MR) is 104 cm³/mol. The van der Waals surface area contributed by atoms with Gasteiger partial charge in [0.2, 0.25) is 0 Å². The highest BCUT2D eigenvalue weighted by Crippen LogP contribution is 2.25. The van der Waals surface area contributed by atoms with Gasteiger partial charge in [-0.1, -0.05) is 0 Å². The van der Waals surface area contributed by atoms with Crippen molar-refractivity contribution in [3.8, 4) is 29.5 Å². The molecular formula is C19H13Cl2N3O5. The van der Waals surface area contributed by atoms with Gasteiger partial charge in [-0.3, -0.25) is 9.59 Å². The third kappa shape index (κ3) is 5.63. The van der Waals surface area contributed by atoms with Gasteiger partial charge in [0.15, 0.2) is 0 Å². The summed E-state index contributed by atoms with van der Waals surface area (Å²) >= 11 is 10.8. The van der Waals surface area contributed by atoms with Crippen LogP contribution >= 0.6 is 23.2 Å². The maximum Gasteiger partial charge on any atom is 0.331 e. The summed E-state index contributed by atoms with van der Waals surface area (Å²) in [5.41, 5.74) is 0.653. The maximum atomic E-state index is 11.1. The number of hydrogen-bond acceptors (Lipinski definition) is 8. The molecule has 8 nitrogen and oxygen atoms in total. The largest absolute Gasteiger partial charge is 0.464 e. The van der Waals surface area contributed by atoms with E-state index in [0.717, 1.165) is 0 Å². The van der Waals surface area contributed by atoms with Crippen LogP contribution in [-0.2, 0) is 0 Å². The molecule has 1 aromatic heterocycles. The molecule has 0 radical (unpaired) electrons. The van der Waals surface area contributed by atoms with E-state index in [1.165, 1.54) is 24.3 Å². The van der Waals surface area contributed by atoms with Gasteiger partial charge in [-0.15, -0.1) is 15.0 Å². The van der Waals surface area contributed by atoms with Crippen LogP contribution in [0, 0.1) is 0 Å². The molecule has 0 N–H and O–H groups in total. The monoisotopic (exact) mass is 433 g/mol. The topological polar surface area (TPSA) is 101 Å². The molecule has 10 heteroatoms. The minimum Gasteiger partial charge on any atom is -0.464 e. The number of carbonyl (C=O) groups is 2. The number of nitrogens with zero attached hydrogens (tertiary/aromatic N) is 3. The van der Waals surface area contributed by atoms with Gasteiger partial charge in [0.25, 0.3) is 10.5 Å². The van der Waals surface area contributed by atoms with Crippen molar-refractivity contribution in [2.24, 2.45) is 0 Å². The number of rotatable bonds is 8. The van der Waals surface area contributed by atoms with Crippen molar-refractivity contribution >= 4 is 33.7 Å². The predicted octanol–water partition coefficient (Wildman–Crippen LogP) is 4.61. The summed E-state index contributed by atoms with van der Waals surface area (Å²) in [4.78, 5) is 34.5. The summed E-state index contributed by atoms with van der Waals surface area (Å²) in [5.74, 6) is 0.743. The number of halogens is 2. The number of hydrogen-bond donors (Lipinski definition) is 0. The average Bonchev–Trinajstić information content (AvgIpc) is 2.69. The standard InChI is InChI=1S/C19H13Cl2N3O5/c1-2-27-17-22-18(28-13-7-3-11(4-8-13)15(20)25)24-19(23-17)29-14-9-5-12(6-10-14)16(21)26/h3-10H,2H2,1H3. The second kappa shape index (κ2) is 9.31. The van der Waals surface area contributed by atoms with Crippen LogP contribution in [0.25, 0.3) is 0 Å². The van der Waals surface area contributed by atoms with Crippen LogP contribution in [0.1, 0.15) is 27.6 Å². The lowest BCUT2D eigenvalue weighted by molar-refractivity contribution is 0.107. The number of aromatic nitrogens is 3. The van der Waals surface area contributed by atoms with E-state index in [2.05, 4.69) is 15.0 Å². The lowest BCUT2D eigenvalue weighted by Gasteiger charge is -2.09. The fraction of sp³-hybridized carbons (Fsp3) is 0.105. The van der Waals surface area contributed by atoms with Gasteiger partial charge in [-0.05, 0) is 78.7 Å². The first-order chi connectivity index (χ1) is 13.9. The first-order valence-electron chi connectivity index (χ1n) is 8.29. The second-order valence-corrected chi connectivity index (χ2v) is 6.10. The molecule has 0 aliphatic rings. The highest BCUT2D eigenvalue weighted by atomic mass is 35.5. The number of carbonyl (C=O) groups excluding carboxylic acids is 2. The van der Waals surface area contributed by atoms with E-state index in [4.69, 9.17) is 37.4 Å². The van der Waals surface area contributed by atoms with Gasteiger partial charge < -0.3 is 14.2 Å². The van der Waals surface area contributed by atoms with Crippen LogP contribution in [0.15, 0.2) is 48.5 Å². The van der Waals surface area contributed by atoms with E-state index in [-0.39, 0.29) is 18.0 Å². The molecular weight excluding hydrogens is 421 g/mol. The highest BCUT2D eigenvalue weighted by Gasteiger charge is 2.12. The molecule has 0 spiro atoms. The summed E-state index contributed by atoms with van der Waals surface area (Å²) in [6, 6.07) is 12.1. The van der Waals surface area contributed by atoms with E-state index < -0.39 is 10.5 Å². The molecule has 1 heterocycles. The average molecular weight is 434 g/mol.